The van der Waals surface area contributed by atoms with E-state index in [0.29, 0.717) is 13.0 Å². The number of urea groups is 1. The predicted octanol–water partition coefficient (Wildman–Crippen LogP) is 2.97. The molecule has 0 fully saturated rings. The number of nitrogens with one attached hydrogen (secondary N) is 2. The highest BCUT2D eigenvalue weighted by Gasteiger charge is 2.14. The van der Waals surface area contributed by atoms with E-state index in [9.17, 15) is 14.9 Å². The normalized spacial score (nSPS) is 9.96. The Morgan fingerprint density at radius 2 is 1.87 bits per heavy atom. The fourth-order valence-electron chi connectivity index (χ4n) is 2.13. The smallest absolute Gasteiger partial charge is 0.319 e. The molecule has 120 valence electrons. The summed E-state index contributed by atoms with van der Waals surface area (Å²) in [7, 11) is 1.59. The number of nitro groups is 1. The van der Waals surface area contributed by atoms with Crippen molar-refractivity contribution in [1.29, 1.82) is 0 Å². The van der Waals surface area contributed by atoms with Crippen molar-refractivity contribution < 1.29 is 14.5 Å². The number of carbonyl (C=O) groups excluding carboxylic acids is 1. The molecule has 2 aromatic carbocycles. The summed E-state index contributed by atoms with van der Waals surface area (Å²) in [6.07, 6.45) is 0.592. The second-order valence-electron chi connectivity index (χ2n) is 4.72. The van der Waals surface area contributed by atoms with Gasteiger partial charge in [-0.15, -0.1) is 0 Å². The number of amides is 2. The molecule has 0 bridgehead atoms. The zero-order chi connectivity index (χ0) is 16.7. The standard InChI is InChI=1S/C16H17N3O4/c1-23-15-9-5-2-6-12(15)10-11-17-16(20)18-13-7-3-4-8-14(13)19(21)22/h2-9H,10-11H2,1H3,(H2,17,18,20). The Hall–Kier alpha value is -3.09. The molecule has 0 heterocycles. The maximum atomic E-state index is 11.9. The summed E-state index contributed by atoms with van der Waals surface area (Å²) in [4.78, 5) is 22.2. The zero-order valence-corrected chi connectivity index (χ0v) is 12.6. The van der Waals surface area contributed by atoms with Gasteiger partial charge in [-0.3, -0.25) is 10.1 Å². The lowest BCUT2D eigenvalue weighted by molar-refractivity contribution is -0.383. The predicted molar refractivity (Wildman–Crippen MR) is 86.8 cm³/mol. The molecule has 0 spiro atoms. The third kappa shape index (κ3) is 4.44. The van der Waals surface area contributed by atoms with Gasteiger partial charge in [0.05, 0.1) is 12.0 Å². The van der Waals surface area contributed by atoms with Gasteiger partial charge in [0, 0.05) is 12.6 Å². The SMILES string of the molecule is COc1ccccc1CCNC(=O)Nc1ccccc1[N+](=O)[O-]. The van der Waals surface area contributed by atoms with Gasteiger partial charge >= 0.3 is 6.03 Å². The number of para-hydroxylation sites is 3. The minimum atomic E-state index is -0.537. The molecule has 0 aliphatic rings. The Balaban J connectivity index is 1.90. The van der Waals surface area contributed by atoms with Gasteiger partial charge < -0.3 is 15.4 Å². The molecule has 0 saturated carbocycles. The van der Waals surface area contributed by atoms with Gasteiger partial charge in [-0.1, -0.05) is 30.3 Å². The Kier molecular flexibility index (Phi) is 5.51. The molecule has 0 aliphatic carbocycles. The highest BCUT2D eigenvalue weighted by atomic mass is 16.6. The quantitative estimate of drug-likeness (QED) is 0.633. The fourth-order valence-corrected chi connectivity index (χ4v) is 2.13. The average Bonchev–Trinajstić information content (AvgIpc) is 2.55. The number of rotatable bonds is 6. The van der Waals surface area contributed by atoms with Gasteiger partial charge in [0.1, 0.15) is 11.4 Å². The number of anilines is 1. The number of ether oxygens (including phenoxy) is 1. The van der Waals surface area contributed by atoms with Gasteiger partial charge in [-0.2, -0.15) is 0 Å². The van der Waals surface area contributed by atoms with Crippen molar-refractivity contribution in [2.45, 2.75) is 6.42 Å². The lowest BCUT2D eigenvalue weighted by Gasteiger charge is -2.10. The van der Waals surface area contributed by atoms with Crippen molar-refractivity contribution in [1.82, 2.24) is 5.32 Å². The summed E-state index contributed by atoms with van der Waals surface area (Å²) in [5, 5.41) is 16.0. The molecule has 0 unspecified atom stereocenters. The number of carbonyl (C=O) groups is 1. The van der Waals surface area contributed by atoms with Crippen molar-refractivity contribution in [3.63, 3.8) is 0 Å². The van der Waals surface area contributed by atoms with Crippen molar-refractivity contribution in [3.8, 4) is 5.75 Å². The van der Waals surface area contributed by atoms with Crippen LogP contribution in [0.3, 0.4) is 0 Å². The van der Waals surface area contributed by atoms with Gasteiger partial charge in [-0.05, 0) is 24.1 Å². The van der Waals surface area contributed by atoms with Crippen LogP contribution >= 0.6 is 0 Å². The Bertz CT molecular complexity index is 703. The van der Waals surface area contributed by atoms with Crippen LogP contribution < -0.4 is 15.4 Å². The molecule has 7 nitrogen and oxygen atoms in total. The molecule has 0 aliphatic heterocycles. The van der Waals surface area contributed by atoms with Gasteiger partial charge in [-0.25, -0.2) is 4.79 Å². The topological polar surface area (TPSA) is 93.5 Å². The minimum Gasteiger partial charge on any atom is -0.496 e. The molecule has 7 heteroatoms. The van der Waals surface area contributed by atoms with Crippen LogP contribution in [0.25, 0.3) is 0 Å². The summed E-state index contributed by atoms with van der Waals surface area (Å²) < 4.78 is 5.24. The van der Waals surface area contributed by atoms with Gasteiger partial charge in [0.25, 0.3) is 5.69 Å². The molecule has 0 radical (unpaired) electrons. The first-order valence-corrected chi connectivity index (χ1v) is 7.02. The van der Waals surface area contributed by atoms with Crippen LogP contribution in [0.15, 0.2) is 48.5 Å². The molecular formula is C16H17N3O4. The van der Waals surface area contributed by atoms with Crippen LogP contribution in [0.2, 0.25) is 0 Å². The maximum Gasteiger partial charge on any atom is 0.319 e. The summed E-state index contributed by atoms with van der Waals surface area (Å²) in [6.45, 7) is 0.382. The van der Waals surface area contributed by atoms with Crippen LogP contribution in [0, 0.1) is 10.1 Å². The molecule has 23 heavy (non-hydrogen) atoms. The molecule has 2 rings (SSSR count). The average molecular weight is 315 g/mol. The van der Waals surface area contributed by atoms with Crippen molar-refractivity contribution in [2.75, 3.05) is 19.0 Å². The fraction of sp³-hybridized carbons (Fsp3) is 0.188. The third-order valence-electron chi connectivity index (χ3n) is 3.22. The second kappa shape index (κ2) is 7.79. The Labute approximate surface area is 133 Å². The second-order valence-corrected chi connectivity index (χ2v) is 4.72. The molecule has 0 atom stereocenters. The van der Waals surface area contributed by atoms with Crippen LogP contribution in [-0.2, 0) is 6.42 Å². The van der Waals surface area contributed by atoms with E-state index in [2.05, 4.69) is 10.6 Å². The van der Waals surface area contributed by atoms with Gasteiger partial charge in [0.2, 0.25) is 0 Å². The van der Waals surface area contributed by atoms with Crippen molar-refractivity contribution in [2.24, 2.45) is 0 Å². The number of nitro benzene ring substituents is 1. The van der Waals surface area contributed by atoms with Crippen LogP contribution in [-0.4, -0.2) is 24.6 Å². The molecular weight excluding hydrogens is 298 g/mol. The molecule has 2 aromatic rings. The lowest BCUT2D eigenvalue weighted by Crippen LogP contribution is -2.30. The highest BCUT2D eigenvalue weighted by molar-refractivity contribution is 5.91. The first-order chi connectivity index (χ1) is 11.1. The summed E-state index contributed by atoms with van der Waals surface area (Å²) in [6, 6.07) is 13.0. The first-order valence-electron chi connectivity index (χ1n) is 7.02. The maximum absolute atomic E-state index is 11.9. The summed E-state index contributed by atoms with van der Waals surface area (Å²) in [5.41, 5.74) is 0.987. The summed E-state index contributed by atoms with van der Waals surface area (Å²) >= 11 is 0. The van der Waals surface area contributed by atoms with E-state index >= 15 is 0 Å². The van der Waals surface area contributed by atoms with Crippen LogP contribution in [0.1, 0.15) is 5.56 Å². The molecule has 2 amide bonds. The largest absolute Gasteiger partial charge is 0.496 e. The zero-order valence-electron chi connectivity index (χ0n) is 12.6. The van der Waals surface area contributed by atoms with Crippen molar-refractivity contribution >= 4 is 17.4 Å². The molecule has 0 aromatic heterocycles. The van der Waals surface area contributed by atoms with Gasteiger partial charge in [0.15, 0.2) is 0 Å². The van der Waals surface area contributed by atoms with E-state index in [4.69, 9.17) is 4.74 Å². The highest BCUT2D eigenvalue weighted by Crippen LogP contribution is 2.23. The molecule has 2 N–H and O–H groups in total. The number of nitrogens with zero attached hydrogens (tertiary/aromatic N) is 1. The van der Waals surface area contributed by atoms with Crippen LogP contribution in [0.5, 0.6) is 5.75 Å². The monoisotopic (exact) mass is 315 g/mol. The van der Waals surface area contributed by atoms with E-state index in [1.807, 2.05) is 24.3 Å². The van der Waals surface area contributed by atoms with E-state index < -0.39 is 11.0 Å². The van der Waals surface area contributed by atoms with E-state index in [0.717, 1.165) is 11.3 Å². The van der Waals surface area contributed by atoms with E-state index in [1.54, 1.807) is 19.2 Å². The minimum absolute atomic E-state index is 0.146. The Morgan fingerprint density at radius 1 is 1.17 bits per heavy atom. The number of hydrogen-bond acceptors (Lipinski definition) is 4. The van der Waals surface area contributed by atoms with E-state index in [-0.39, 0.29) is 11.4 Å². The molecule has 0 saturated heterocycles. The number of methoxy groups -OCH3 is 1. The van der Waals surface area contributed by atoms with Crippen molar-refractivity contribution in [3.05, 3.63) is 64.2 Å². The first kappa shape index (κ1) is 16.3. The number of benzene rings is 2. The summed E-state index contributed by atoms with van der Waals surface area (Å²) in [5.74, 6) is 0.758. The lowest BCUT2D eigenvalue weighted by atomic mass is 10.1. The van der Waals surface area contributed by atoms with E-state index in [1.165, 1.54) is 12.1 Å². The Morgan fingerprint density at radius 3 is 2.61 bits per heavy atom. The van der Waals surface area contributed by atoms with Crippen LogP contribution in [0.4, 0.5) is 16.2 Å². The number of hydrogen-bond donors (Lipinski definition) is 2. The third-order valence-corrected chi connectivity index (χ3v) is 3.22.